The van der Waals surface area contributed by atoms with E-state index in [0.717, 1.165) is 0 Å². The number of hydrogen-bond acceptors (Lipinski definition) is 6. The summed E-state index contributed by atoms with van der Waals surface area (Å²) in [6.45, 7) is 3.28. The Kier molecular flexibility index (Phi) is 4.38. The molecular formula is C17H17F2N7O. The van der Waals surface area contributed by atoms with E-state index < -0.39 is 11.6 Å². The zero-order valence-electron chi connectivity index (χ0n) is 14.6. The van der Waals surface area contributed by atoms with E-state index in [1.807, 2.05) is 11.8 Å². The molecule has 1 aromatic carbocycles. The van der Waals surface area contributed by atoms with Crippen molar-refractivity contribution in [3.63, 3.8) is 0 Å². The van der Waals surface area contributed by atoms with Gasteiger partial charge in [0.1, 0.15) is 18.0 Å². The molecule has 0 unspecified atom stereocenters. The lowest BCUT2D eigenvalue weighted by molar-refractivity contribution is -0.125. The molecule has 4 rings (SSSR count). The van der Waals surface area contributed by atoms with E-state index >= 15 is 0 Å². The number of hydrogen-bond donors (Lipinski definition) is 1. The summed E-state index contributed by atoms with van der Waals surface area (Å²) in [6, 6.07) is 3.62. The van der Waals surface area contributed by atoms with E-state index in [2.05, 4.69) is 25.6 Å². The third kappa shape index (κ3) is 3.07. The molecule has 0 radical (unpaired) electrons. The SMILES string of the molecule is CCn1nnc2c(N3CC(C(=O)NCc4c(F)cccc4F)C3)ncnc21. The Hall–Kier alpha value is -3.17. The molecule has 8 nitrogen and oxygen atoms in total. The van der Waals surface area contributed by atoms with Gasteiger partial charge in [-0.15, -0.1) is 5.10 Å². The summed E-state index contributed by atoms with van der Waals surface area (Å²) in [6.07, 6.45) is 1.45. The fourth-order valence-corrected chi connectivity index (χ4v) is 3.06. The van der Waals surface area contributed by atoms with Crippen LogP contribution in [0.1, 0.15) is 12.5 Å². The van der Waals surface area contributed by atoms with Crippen LogP contribution in [0.4, 0.5) is 14.6 Å². The van der Waals surface area contributed by atoms with Crippen molar-refractivity contribution >= 4 is 22.9 Å². The number of nitrogens with zero attached hydrogens (tertiary/aromatic N) is 6. The van der Waals surface area contributed by atoms with Gasteiger partial charge in [-0.2, -0.15) is 0 Å². The van der Waals surface area contributed by atoms with Gasteiger partial charge in [-0.25, -0.2) is 23.4 Å². The van der Waals surface area contributed by atoms with Crippen LogP contribution >= 0.6 is 0 Å². The smallest absolute Gasteiger partial charge is 0.226 e. The molecule has 1 aliphatic heterocycles. The minimum absolute atomic E-state index is 0.143. The number of nitrogens with one attached hydrogen (secondary N) is 1. The van der Waals surface area contributed by atoms with Gasteiger partial charge >= 0.3 is 0 Å². The molecule has 0 saturated carbocycles. The summed E-state index contributed by atoms with van der Waals surface area (Å²) >= 11 is 0. The first kappa shape index (κ1) is 17.3. The van der Waals surface area contributed by atoms with Crippen LogP contribution in [0.5, 0.6) is 0 Å². The van der Waals surface area contributed by atoms with E-state index in [4.69, 9.17) is 0 Å². The van der Waals surface area contributed by atoms with Crippen molar-refractivity contribution in [2.45, 2.75) is 20.0 Å². The first-order chi connectivity index (χ1) is 13.1. The molecule has 27 heavy (non-hydrogen) atoms. The lowest BCUT2D eigenvalue weighted by atomic mass is 9.99. The molecule has 1 aliphatic rings. The second-order valence-corrected chi connectivity index (χ2v) is 6.29. The lowest BCUT2D eigenvalue weighted by Crippen LogP contribution is -2.54. The van der Waals surface area contributed by atoms with Crippen LogP contribution in [-0.4, -0.2) is 44.0 Å². The van der Waals surface area contributed by atoms with E-state index in [1.165, 1.54) is 24.5 Å². The molecule has 0 aliphatic carbocycles. The number of fused-ring (bicyclic) bond motifs is 1. The maximum absolute atomic E-state index is 13.6. The second-order valence-electron chi connectivity index (χ2n) is 6.29. The molecule has 1 fully saturated rings. The number of benzene rings is 1. The van der Waals surface area contributed by atoms with Gasteiger partial charge in [-0.3, -0.25) is 4.79 Å². The van der Waals surface area contributed by atoms with Gasteiger partial charge in [0.15, 0.2) is 17.0 Å². The van der Waals surface area contributed by atoms with Crippen molar-refractivity contribution in [2.24, 2.45) is 5.92 Å². The molecule has 1 saturated heterocycles. The summed E-state index contributed by atoms with van der Waals surface area (Å²) in [5.41, 5.74) is 1.09. The molecule has 3 heterocycles. The number of aryl methyl sites for hydroxylation is 1. The van der Waals surface area contributed by atoms with Crippen LogP contribution in [0, 0.1) is 17.6 Å². The average Bonchev–Trinajstić information content (AvgIpc) is 3.04. The fraction of sp³-hybridized carbons (Fsp3) is 0.353. The first-order valence-electron chi connectivity index (χ1n) is 8.58. The number of amides is 1. The molecule has 10 heteroatoms. The molecule has 140 valence electrons. The van der Waals surface area contributed by atoms with Gasteiger partial charge in [-0.1, -0.05) is 11.3 Å². The molecule has 0 spiro atoms. The number of aromatic nitrogens is 5. The minimum Gasteiger partial charge on any atom is -0.353 e. The Balaban J connectivity index is 1.40. The maximum Gasteiger partial charge on any atom is 0.226 e. The van der Waals surface area contributed by atoms with E-state index in [9.17, 15) is 13.6 Å². The highest BCUT2D eigenvalue weighted by Crippen LogP contribution is 2.27. The summed E-state index contributed by atoms with van der Waals surface area (Å²) in [5, 5.41) is 10.8. The molecule has 1 amide bonds. The summed E-state index contributed by atoms with van der Waals surface area (Å²) in [4.78, 5) is 22.6. The third-order valence-corrected chi connectivity index (χ3v) is 4.63. The number of carbonyl (C=O) groups is 1. The summed E-state index contributed by atoms with van der Waals surface area (Å²) in [7, 11) is 0. The van der Waals surface area contributed by atoms with Crippen molar-refractivity contribution in [1.29, 1.82) is 0 Å². The second kappa shape index (κ2) is 6.86. The predicted molar refractivity (Wildman–Crippen MR) is 92.7 cm³/mol. The molecule has 0 bridgehead atoms. The Morgan fingerprint density at radius 1 is 1.26 bits per heavy atom. The largest absolute Gasteiger partial charge is 0.353 e. The highest BCUT2D eigenvalue weighted by molar-refractivity contribution is 5.86. The van der Waals surface area contributed by atoms with Gasteiger partial charge in [0.05, 0.1) is 5.92 Å². The Labute approximate surface area is 153 Å². The van der Waals surface area contributed by atoms with Gasteiger partial charge in [0, 0.05) is 31.7 Å². The zero-order chi connectivity index (χ0) is 19.0. The summed E-state index contributed by atoms with van der Waals surface area (Å²) < 4.78 is 28.9. The fourth-order valence-electron chi connectivity index (χ4n) is 3.06. The van der Waals surface area contributed by atoms with E-state index in [1.54, 1.807) is 4.68 Å². The van der Waals surface area contributed by atoms with Crippen LogP contribution in [0.25, 0.3) is 11.2 Å². The van der Waals surface area contributed by atoms with Crippen LogP contribution in [0.3, 0.4) is 0 Å². The summed E-state index contributed by atoms with van der Waals surface area (Å²) in [5.74, 6) is -1.26. The highest BCUT2D eigenvalue weighted by atomic mass is 19.1. The van der Waals surface area contributed by atoms with Gasteiger partial charge in [0.2, 0.25) is 5.91 Å². The Morgan fingerprint density at radius 3 is 2.70 bits per heavy atom. The monoisotopic (exact) mass is 373 g/mol. The van der Waals surface area contributed by atoms with Crippen LogP contribution in [-0.2, 0) is 17.9 Å². The normalized spacial score (nSPS) is 14.4. The van der Waals surface area contributed by atoms with Gasteiger partial charge in [0.25, 0.3) is 0 Å². The number of halogens is 2. The van der Waals surface area contributed by atoms with Crippen LogP contribution in [0.2, 0.25) is 0 Å². The number of anilines is 1. The van der Waals surface area contributed by atoms with Crippen molar-refractivity contribution in [2.75, 3.05) is 18.0 Å². The maximum atomic E-state index is 13.6. The molecule has 3 aromatic rings. The van der Waals surface area contributed by atoms with Gasteiger partial charge in [-0.05, 0) is 19.1 Å². The van der Waals surface area contributed by atoms with Crippen molar-refractivity contribution in [3.8, 4) is 0 Å². The van der Waals surface area contributed by atoms with Gasteiger partial charge < -0.3 is 10.2 Å². The molecule has 2 aromatic heterocycles. The first-order valence-corrected chi connectivity index (χ1v) is 8.58. The lowest BCUT2D eigenvalue weighted by Gasteiger charge is -2.38. The minimum atomic E-state index is -0.673. The van der Waals surface area contributed by atoms with Crippen molar-refractivity contribution < 1.29 is 13.6 Å². The molecule has 0 atom stereocenters. The van der Waals surface area contributed by atoms with Crippen LogP contribution in [0.15, 0.2) is 24.5 Å². The predicted octanol–water partition coefficient (Wildman–Crippen LogP) is 1.27. The number of carbonyl (C=O) groups excluding carboxylic acids is 1. The molecular weight excluding hydrogens is 356 g/mol. The quantitative estimate of drug-likeness (QED) is 0.725. The Bertz CT molecular complexity index is 980. The molecule has 1 N–H and O–H groups in total. The standard InChI is InChI=1S/C17H17F2N7O/c1-2-26-16-14(23-24-26)15(21-9-22-16)25-7-10(8-25)17(27)20-6-11-12(18)4-3-5-13(11)19/h3-5,9-10H,2,6-8H2,1H3,(H,20,27). The van der Waals surface area contributed by atoms with Crippen LogP contribution < -0.4 is 10.2 Å². The Morgan fingerprint density at radius 2 is 2.00 bits per heavy atom. The van der Waals surface area contributed by atoms with Crippen molar-refractivity contribution in [1.82, 2.24) is 30.3 Å². The highest BCUT2D eigenvalue weighted by Gasteiger charge is 2.35. The van der Waals surface area contributed by atoms with E-state index in [-0.39, 0.29) is 23.9 Å². The number of rotatable bonds is 5. The van der Waals surface area contributed by atoms with E-state index in [0.29, 0.717) is 36.6 Å². The zero-order valence-corrected chi connectivity index (χ0v) is 14.6. The average molecular weight is 373 g/mol. The topological polar surface area (TPSA) is 88.8 Å². The third-order valence-electron chi connectivity index (χ3n) is 4.63. The van der Waals surface area contributed by atoms with Crippen molar-refractivity contribution in [3.05, 3.63) is 41.7 Å².